The quantitative estimate of drug-likeness (QED) is 0.925. The summed E-state index contributed by atoms with van der Waals surface area (Å²) < 4.78 is 19.0. The predicted molar refractivity (Wildman–Crippen MR) is 65.5 cm³/mol. The molecule has 0 fully saturated rings. The lowest BCUT2D eigenvalue weighted by Crippen LogP contribution is -2.12. The van der Waals surface area contributed by atoms with E-state index in [1.807, 2.05) is 0 Å². The molecule has 1 amide bonds. The van der Waals surface area contributed by atoms with Crippen molar-refractivity contribution < 1.29 is 13.6 Å². The SMILES string of the molecule is N#Cc1ccc(NC(=O)c2ccc(Br)o2)c(F)c1. The third-order valence-corrected chi connectivity index (χ3v) is 2.57. The van der Waals surface area contributed by atoms with Crippen molar-refractivity contribution in [3.63, 3.8) is 0 Å². The van der Waals surface area contributed by atoms with Crippen molar-refractivity contribution in [1.29, 1.82) is 5.26 Å². The molecule has 0 bridgehead atoms. The zero-order valence-electron chi connectivity index (χ0n) is 8.91. The van der Waals surface area contributed by atoms with E-state index in [2.05, 4.69) is 21.2 Å². The second-order valence-corrected chi connectivity index (χ2v) is 4.15. The van der Waals surface area contributed by atoms with Gasteiger partial charge in [-0.15, -0.1) is 0 Å². The first-order chi connectivity index (χ1) is 8.60. The molecule has 0 saturated heterocycles. The second-order valence-electron chi connectivity index (χ2n) is 3.36. The van der Waals surface area contributed by atoms with Gasteiger partial charge in [0, 0.05) is 0 Å². The molecule has 0 saturated carbocycles. The molecule has 0 spiro atoms. The molecule has 18 heavy (non-hydrogen) atoms. The number of carbonyl (C=O) groups is 1. The Morgan fingerprint density at radius 2 is 2.17 bits per heavy atom. The molecule has 0 aliphatic heterocycles. The molecule has 6 heteroatoms. The maximum absolute atomic E-state index is 13.5. The van der Waals surface area contributed by atoms with Crippen LogP contribution in [-0.2, 0) is 0 Å². The minimum absolute atomic E-state index is 0.00785. The number of nitrogens with one attached hydrogen (secondary N) is 1. The predicted octanol–water partition coefficient (Wildman–Crippen LogP) is 3.31. The molecule has 0 unspecified atom stereocenters. The van der Waals surface area contributed by atoms with E-state index in [9.17, 15) is 9.18 Å². The number of furan rings is 1. The summed E-state index contributed by atoms with van der Waals surface area (Å²) in [6.45, 7) is 0. The minimum Gasteiger partial charge on any atom is -0.444 e. The maximum atomic E-state index is 13.5. The smallest absolute Gasteiger partial charge is 0.291 e. The van der Waals surface area contributed by atoms with E-state index in [0.29, 0.717) is 4.67 Å². The van der Waals surface area contributed by atoms with Crippen LogP contribution in [0.5, 0.6) is 0 Å². The zero-order valence-corrected chi connectivity index (χ0v) is 10.5. The van der Waals surface area contributed by atoms with Gasteiger partial charge in [-0.2, -0.15) is 5.26 Å². The molecule has 90 valence electrons. The number of benzene rings is 1. The third kappa shape index (κ3) is 2.57. The number of nitrogens with zero attached hydrogens (tertiary/aromatic N) is 1. The van der Waals surface area contributed by atoms with Crippen LogP contribution in [0.25, 0.3) is 0 Å². The molecule has 0 radical (unpaired) electrons. The molecular formula is C12H6BrFN2O2. The van der Waals surface area contributed by atoms with Gasteiger partial charge in [-0.05, 0) is 46.3 Å². The number of anilines is 1. The summed E-state index contributed by atoms with van der Waals surface area (Å²) in [5, 5.41) is 10.9. The fraction of sp³-hybridized carbons (Fsp3) is 0. The van der Waals surface area contributed by atoms with Crippen LogP contribution in [0.4, 0.5) is 10.1 Å². The van der Waals surface area contributed by atoms with Crippen molar-refractivity contribution in [1.82, 2.24) is 0 Å². The van der Waals surface area contributed by atoms with Gasteiger partial charge in [0.1, 0.15) is 5.82 Å². The summed E-state index contributed by atoms with van der Waals surface area (Å²) in [5.74, 6) is -1.18. The Kier molecular flexibility index (Phi) is 3.44. The first kappa shape index (κ1) is 12.3. The van der Waals surface area contributed by atoms with E-state index in [-0.39, 0.29) is 17.0 Å². The highest BCUT2D eigenvalue weighted by molar-refractivity contribution is 9.10. The van der Waals surface area contributed by atoms with Gasteiger partial charge in [0.15, 0.2) is 10.4 Å². The summed E-state index contributed by atoms with van der Waals surface area (Å²) in [4.78, 5) is 11.7. The van der Waals surface area contributed by atoms with Crippen LogP contribution < -0.4 is 5.32 Å². The Bertz CT molecular complexity index is 646. The summed E-state index contributed by atoms with van der Waals surface area (Å²) in [6, 6.07) is 8.61. The van der Waals surface area contributed by atoms with Gasteiger partial charge in [0.05, 0.1) is 17.3 Å². The maximum Gasteiger partial charge on any atom is 0.291 e. The van der Waals surface area contributed by atoms with Gasteiger partial charge < -0.3 is 9.73 Å². The number of carbonyl (C=O) groups excluding carboxylic acids is 1. The number of halogens is 2. The second kappa shape index (κ2) is 5.02. The van der Waals surface area contributed by atoms with Crippen LogP contribution in [0.15, 0.2) is 39.4 Å². The standard InChI is InChI=1S/C12H6BrFN2O2/c13-11-4-3-10(18-11)12(17)16-9-2-1-7(6-15)5-8(9)14/h1-5H,(H,16,17). The molecule has 1 heterocycles. The molecule has 1 aromatic heterocycles. The molecule has 2 aromatic rings. The first-order valence-corrected chi connectivity index (χ1v) is 5.66. The summed E-state index contributed by atoms with van der Waals surface area (Å²) >= 11 is 3.06. The van der Waals surface area contributed by atoms with E-state index in [0.717, 1.165) is 6.07 Å². The van der Waals surface area contributed by atoms with Crippen molar-refractivity contribution in [3.05, 3.63) is 52.1 Å². The van der Waals surface area contributed by atoms with Gasteiger partial charge in [0.2, 0.25) is 0 Å². The summed E-state index contributed by atoms with van der Waals surface area (Å²) in [7, 11) is 0. The Morgan fingerprint density at radius 1 is 1.39 bits per heavy atom. The highest BCUT2D eigenvalue weighted by Gasteiger charge is 2.13. The summed E-state index contributed by atoms with van der Waals surface area (Å²) in [5.41, 5.74) is 0.178. The average molecular weight is 309 g/mol. The van der Waals surface area contributed by atoms with Crippen molar-refractivity contribution in [2.75, 3.05) is 5.32 Å². The summed E-state index contributed by atoms with van der Waals surface area (Å²) in [6.07, 6.45) is 0. The Labute approximate surface area is 110 Å². The van der Waals surface area contributed by atoms with Gasteiger partial charge in [-0.25, -0.2) is 4.39 Å². The van der Waals surface area contributed by atoms with E-state index < -0.39 is 11.7 Å². The van der Waals surface area contributed by atoms with Crippen molar-refractivity contribution in [3.8, 4) is 6.07 Å². The lowest BCUT2D eigenvalue weighted by Gasteiger charge is -2.04. The Hall–Kier alpha value is -2.13. The van der Waals surface area contributed by atoms with Crippen LogP contribution in [-0.4, -0.2) is 5.91 Å². The molecule has 0 aliphatic carbocycles. The molecular weight excluding hydrogens is 303 g/mol. The number of amides is 1. The van der Waals surface area contributed by atoms with Gasteiger partial charge in [0.25, 0.3) is 5.91 Å². The monoisotopic (exact) mass is 308 g/mol. The molecule has 1 N–H and O–H groups in total. The number of hydrogen-bond donors (Lipinski definition) is 1. The minimum atomic E-state index is -0.673. The van der Waals surface area contributed by atoms with Crippen molar-refractivity contribution >= 4 is 27.5 Å². The van der Waals surface area contributed by atoms with E-state index >= 15 is 0 Å². The fourth-order valence-corrected chi connectivity index (χ4v) is 1.61. The first-order valence-electron chi connectivity index (χ1n) is 4.86. The molecule has 4 nitrogen and oxygen atoms in total. The third-order valence-electron chi connectivity index (χ3n) is 2.14. The topological polar surface area (TPSA) is 66.0 Å². The van der Waals surface area contributed by atoms with Crippen LogP contribution in [0.1, 0.15) is 16.1 Å². The van der Waals surface area contributed by atoms with Crippen molar-refractivity contribution in [2.45, 2.75) is 0 Å². The van der Waals surface area contributed by atoms with Crippen LogP contribution >= 0.6 is 15.9 Å². The molecule has 0 aliphatic rings. The van der Waals surface area contributed by atoms with Gasteiger partial charge in [-0.1, -0.05) is 0 Å². The zero-order chi connectivity index (χ0) is 13.1. The Balaban J connectivity index is 2.20. The lowest BCUT2D eigenvalue weighted by molar-refractivity contribution is 0.0995. The van der Waals surface area contributed by atoms with Gasteiger partial charge in [-0.3, -0.25) is 4.79 Å². The van der Waals surface area contributed by atoms with Crippen LogP contribution in [0, 0.1) is 17.1 Å². The van der Waals surface area contributed by atoms with E-state index in [1.165, 1.54) is 18.2 Å². The van der Waals surface area contributed by atoms with E-state index in [1.54, 1.807) is 12.1 Å². The van der Waals surface area contributed by atoms with Crippen molar-refractivity contribution in [2.24, 2.45) is 0 Å². The number of hydrogen-bond acceptors (Lipinski definition) is 3. The van der Waals surface area contributed by atoms with Crippen LogP contribution in [0.3, 0.4) is 0 Å². The number of nitriles is 1. The lowest BCUT2D eigenvalue weighted by atomic mass is 10.2. The Morgan fingerprint density at radius 3 is 2.72 bits per heavy atom. The van der Waals surface area contributed by atoms with Crippen LogP contribution in [0.2, 0.25) is 0 Å². The van der Waals surface area contributed by atoms with Gasteiger partial charge >= 0.3 is 0 Å². The number of rotatable bonds is 2. The molecule has 2 rings (SSSR count). The van der Waals surface area contributed by atoms with E-state index in [4.69, 9.17) is 9.68 Å². The fourth-order valence-electron chi connectivity index (χ4n) is 1.31. The molecule has 0 atom stereocenters. The highest BCUT2D eigenvalue weighted by atomic mass is 79.9. The largest absolute Gasteiger partial charge is 0.444 e. The average Bonchev–Trinajstić information content (AvgIpc) is 2.78. The normalized spacial score (nSPS) is 9.83. The highest BCUT2D eigenvalue weighted by Crippen LogP contribution is 2.18. The molecule has 1 aromatic carbocycles.